The highest BCUT2D eigenvalue weighted by Gasteiger charge is 2.35. The summed E-state index contributed by atoms with van der Waals surface area (Å²) in [6, 6.07) is 8.65. The summed E-state index contributed by atoms with van der Waals surface area (Å²) in [7, 11) is 1.59. The maximum Gasteiger partial charge on any atom is 0.222 e. The first-order valence-corrected chi connectivity index (χ1v) is 9.14. The van der Waals surface area contributed by atoms with E-state index in [-0.39, 0.29) is 29.2 Å². The molecule has 4 nitrogen and oxygen atoms in total. The number of carbonyl (C=O) groups excluding carboxylic acids is 1. The van der Waals surface area contributed by atoms with Gasteiger partial charge in [-0.2, -0.15) is 0 Å². The zero-order valence-corrected chi connectivity index (χ0v) is 16.2. The van der Waals surface area contributed by atoms with Crippen LogP contribution in [-0.4, -0.2) is 37.0 Å². The third kappa shape index (κ3) is 6.28. The summed E-state index contributed by atoms with van der Waals surface area (Å²) in [6.45, 7) is 3.18. The number of aryl methyl sites for hydroxylation is 1. The number of halogens is 1. The van der Waals surface area contributed by atoms with E-state index in [1.54, 1.807) is 7.11 Å². The Hall–Kier alpha value is -0.750. The van der Waals surface area contributed by atoms with Crippen molar-refractivity contribution in [3.05, 3.63) is 29.8 Å². The molecule has 0 saturated heterocycles. The predicted octanol–water partition coefficient (Wildman–Crippen LogP) is 3.30. The van der Waals surface area contributed by atoms with Crippen molar-refractivity contribution < 1.29 is 9.53 Å². The zero-order chi connectivity index (χ0) is 16.7. The van der Waals surface area contributed by atoms with E-state index in [1.807, 2.05) is 11.8 Å². The first kappa shape index (κ1) is 21.3. The van der Waals surface area contributed by atoms with E-state index in [0.29, 0.717) is 19.5 Å². The van der Waals surface area contributed by atoms with Crippen LogP contribution in [0, 0.1) is 6.92 Å². The van der Waals surface area contributed by atoms with E-state index in [2.05, 4.69) is 36.5 Å². The Morgan fingerprint density at radius 3 is 2.50 bits per heavy atom. The molecule has 0 aliphatic heterocycles. The second kappa shape index (κ2) is 10.3. The molecule has 1 aromatic rings. The minimum absolute atomic E-state index is 0. The number of carbonyl (C=O) groups is 1. The standard InChI is InChI=1S/C18H28N2O2S.ClH/c1-14-5-7-16(8-6-14)23-18(9-3-4-10-18)13-20-17(21)11-15(12-19)22-2;/h5-8,15H,3-4,9-13,19H2,1-2H3,(H,20,21);1H. The molecule has 2 rings (SSSR count). The highest BCUT2D eigenvalue weighted by molar-refractivity contribution is 8.00. The fourth-order valence-corrected chi connectivity index (χ4v) is 4.40. The molecule has 0 bridgehead atoms. The predicted molar refractivity (Wildman–Crippen MR) is 103 cm³/mol. The molecule has 1 unspecified atom stereocenters. The molecule has 1 aliphatic rings. The number of hydrogen-bond donors (Lipinski definition) is 2. The largest absolute Gasteiger partial charge is 0.380 e. The molecule has 0 spiro atoms. The fraction of sp³-hybridized carbons (Fsp3) is 0.611. The summed E-state index contributed by atoms with van der Waals surface area (Å²) >= 11 is 1.91. The molecule has 3 N–H and O–H groups in total. The number of nitrogens with one attached hydrogen (secondary N) is 1. The molecular weight excluding hydrogens is 344 g/mol. The lowest BCUT2D eigenvalue weighted by Gasteiger charge is -2.29. The van der Waals surface area contributed by atoms with E-state index in [9.17, 15) is 4.79 Å². The maximum atomic E-state index is 12.1. The lowest BCUT2D eigenvalue weighted by atomic mass is 10.1. The van der Waals surface area contributed by atoms with Crippen LogP contribution in [0.1, 0.15) is 37.7 Å². The van der Waals surface area contributed by atoms with Crippen LogP contribution in [0.3, 0.4) is 0 Å². The summed E-state index contributed by atoms with van der Waals surface area (Å²) in [5.74, 6) is 0.0260. The van der Waals surface area contributed by atoms with Crippen molar-refractivity contribution in [3.8, 4) is 0 Å². The van der Waals surface area contributed by atoms with E-state index >= 15 is 0 Å². The van der Waals surface area contributed by atoms with Gasteiger partial charge in [-0.1, -0.05) is 30.5 Å². The number of hydrogen-bond acceptors (Lipinski definition) is 4. The molecule has 1 saturated carbocycles. The Balaban J connectivity index is 0.00000288. The molecule has 24 heavy (non-hydrogen) atoms. The van der Waals surface area contributed by atoms with Crippen molar-refractivity contribution in [1.29, 1.82) is 0 Å². The number of ether oxygens (including phenoxy) is 1. The average Bonchev–Trinajstić information content (AvgIpc) is 3.02. The molecule has 0 radical (unpaired) electrons. The summed E-state index contributed by atoms with van der Waals surface area (Å²) in [5, 5.41) is 3.10. The minimum Gasteiger partial charge on any atom is -0.380 e. The third-order valence-electron chi connectivity index (χ3n) is 4.49. The Labute approximate surface area is 155 Å². The molecule has 0 aromatic heterocycles. The van der Waals surface area contributed by atoms with Gasteiger partial charge in [0.15, 0.2) is 0 Å². The number of methoxy groups -OCH3 is 1. The average molecular weight is 373 g/mol. The van der Waals surface area contributed by atoms with Gasteiger partial charge < -0.3 is 15.8 Å². The first-order chi connectivity index (χ1) is 11.1. The Bertz CT molecular complexity index is 500. The molecule has 136 valence electrons. The van der Waals surface area contributed by atoms with Crippen LogP contribution in [0.5, 0.6) is 0 Å². The summed E-state index contributed by atoms with van der Waals surface area (Å²) in [6.07, 6.45) is 4.90. The van der Waals surface area contributed by atoms with Crippen molar-refractivity contribution in [2.45, 2.75) is 54.8 Å². The van der Waals surface area contributed by atoms with Gasteiger partial charge in [0.05, 0.1) is 12.5 Å². The number of rotatable bonds is 8. The number of benzene rings is 1. The monoisotopic (exact) mass is 372 g/mol. The molecule has 1 aliphatic carbocycles. The minimum atomic E-state index is -0.195. The second-order valence-corrected chi connectivity index (χ2v) is 7.92. The fourth-order valence-electron chi connectivity index (χ4n) is 2.99. The Morgan fingerprint density at radius 2 is 1.96 bits per heavy atom. The van der Waals surface area contributed by atoms with Crippen LogP contribution in [0.15, 0.2) is 29.2 Å². The van der Waals surface area contributed by atoms with Crippen LogP contribution in [-0.2, 0) is 9.53 Å². The SMILES string of the molecule is COC(CN)CC(=O)NCC1(Sc2ccc(C)cc2)CCCC1.Cl. The molecule has 1 fully saturated rings. The normalized spacial score (nSPS) is 17.1. The van der Waals surface area contributed by atoms with Crippen LogP contribution in [0.2, 0.25) is 0 Å². The summed E-state index contributed by atoms with van der Waals surface area (Å²) in [4.78, 5) is 13.4. The van der Waals surface area contributed by atoms with Crippen LogP contribution < -0.4 is 11.1 Å². The number of thioether (sulfide) groups is 1. The Morgan fingerprint density at radius 1 is 1.33 bits per heavy atom. The van der Waals surface area contributed by atoms with E-state index in [0.717, 1.165) is 12.8 Å². The van der Waals surface area contributed by atoms with Gasteiger partial charge in [0.25, 0.3) is 0 Å². The van der Waals surface area contributed by atoms with Gasteiger partial charge in [-0.15, -0.1) is 24.2 Å². The van der Waals surface area contributed by atoms with Crippen molar-refractivity contribution in [1.82, 2.24) is 5.32 Å². The van der Waals surface area contributed by atoms with E-state index in [4.69, 9.17) is 10.5 Å². The summed E-state index contributed by atoms with van der Waals surface area (Å²) in [5.41, 5.74) is 6.85. The van der Waals surface area contributed by atoms with Gasteiger partial charge in [-0.25, -0.2) is 0 Å². The molecular formula is C18H29ClN2O2S. The zero-order valence-electron chi connectivity index (χ0n) is 14.5. The van der Waals surface area contributed by atoms with E-state index in [1.165, 1.54) is 23.3 Å². The van der Waals surface area contributed by atoms with Gasteiger partial charge >= 0.3 is 0 Å². The van der Waals surface area contributed by atoms with Crippen LogP contribution in [0.4, 0.5) is 0 Å². The van der Waals surface area contributed by atoms with Gasteiger partial charge in [0.2, 0.25) is 5.91 Å². The van der Waals surface area contributed by atoms with Gasteiger partial charge in [-0.05, 0) is 31.9 Å². The van der Waals surface area contributed by atoms with Crippen molar-refractivity contribution in [3.63, 3.8) is 0 Å². The quantitative estimate of drug-likeness (QED) is 0.734. The summed E-state index contributed by atoms with van der Waals surface area (Å²) < 4.78 is 5.30. The number of amides is 1. The van der Waals surface area contributed by atoms with Gasteiger partial charge in [0.1, 0.15) is 0 Å². The molecule has 1 aromatic carbocycles. The third-order valence-corrected chi connectivity index (χ3v) is 5.98. The molecule has 6 heteroatoms. The molecule has 0 heterocycles. The topological polar surface area (TPSA) is 64.3 Å². The van der Waals surface area contributed by atoms with Crippen LogP contribution in [0.25, 0.3) is 0 Å². The first-order valence-electron chi connectivity index (χ1n) is 8.32. The van der Waals surface area contributed by atoms with E-state index < -0.39 is 0 Å². The van der Waals surface area contributed by atoms with Gasteiger partial charge in [0, 0.05) is 29.8 Å². The van der Waals surface area contributed by atoms with Crippen LogP contribution >= 0.6 is 24.2 Å². The lowest BCUT2D eigenvalue weighted by molar-refractivity contribution is -0.123. The van der Waals surface area contributed by atoms with Crippen molar-refractivity contribution in [2.75, 3.05) is 20.2 Å². The second-order valence-electron chi connectivity index (χ2n) is 6.38. The maximum absolute atomic E-state index is 12.1. The molecule has 1 atom stereocenters. The highest BCUT2D eigenvalue weighted by Crippen LogP contribution is 2.44. The van der Waals surface area contributed by atoms with Crippen molar-refractivity contribution >= 4 is 30.1 Å². The number of nitrogens with two attached hydrogens (primary N) is 1. The Kier molecular flexibility index (Phi) is 9.13. The van der Waals surface area contributed by atoms with Crippen molar-refractivity contribution in [2.24, 2.45) is 5.73 Å². The lowest BCUT2D eigenvalue weighted by Crippen LogP contribution is -2.40. The molecule has 1 amide bonds. The smallest absolute Gasteiger partial charge is 0.222 e. The van der Waals surface area contributed by atoms with Gasteiger partial charge in [-0.3, -0.25) is 4.79 Å². The highest BCUT2D eigenvalue weighted by atomic mass is 35.5.